The number of hydrogen-bond donors (Lipinski definition) is 1. The van der Waals surface area contributed by atoms with Gasteiger partial charge in [-0.15, -0.1) is 0 Å². The van der Waals surface area contributed by atoms with Gasteiger partial charge in [-0.25, -0.2) is 0 Å². The summed E-state index contributed by atoms with van der Waals surface area (Å²) < 4.78 is 2.17. The molecule has 1 aromatic carbocycles. The molecule has 3 rings (SSSR count). The number of rotatable bonds is 1. The second-order valence-electron chi connectivity index (χ2n) is 4.15. The zero-order chi connectivity index (χ0) is 10.1. The minimum absolute atomic E-state index is 0.527. The van der Waals surface area contributed by atoms with E-state index in [2.05, 4.69) is 39.4 Å². The second kappa shape index (κ2) is 3.66. The van der Waals surface area contributed by atoms with Crippen LogP contribution >= 0.6 is 0 Å². The smallest absolute Gasteiger partial charge is 0.0686 e. The van der Waals surface area contributed by atoms with Crippen molar-refractivity contribution >= 4 is 10.9 Å². The van der Waals surface area contributed by atoms with E-state index in [-0.39, 0.29) is 0 Å². The van der Waals surface area contributed by atoms with E-state index in [4.69, 9.17) is 0 Å². The van der Waals surface area contributed by atoms with Crippen LogP contribution in [0.15, 0.2) is 30.5 Å². The van der Waals surface area contributed by atoms with Crippen molar-refractivity contribution in [2.45, 2.75) is 18.9 Å². The van der Waals surface area contributed by atoms with Gasteiger partial charge in [-0.05, 0) is 25.5 Å². The zero-order valence-corrected chi connectivity index (χ0v) is 8.69. The molecule has 0 radical (unpaired) electrons. The third-order valence-electron chi connectivity index (χ3n) is 3.12. The molecular formula is C12H15N3. The zero-order valence-electron chi connectivity index (χ0n) is 8.69. The SMILES string of the molecule is c1ccc2c(c1)cnn2[C@@H]1CCCNC1. The van der Waals surface area contributed by atoms with E-state index >= 15 is 0 Å². The number of benzene rings is 1. The van der Waals surface area contributed by atoms with Crippen molar-refractivity contribution in [3.05, 3.63) is 30.5 Å². The molecule has 1 fully saturated rings. The van der Waals surface area contributed by atoms with Gasteiger partial charge in [-0.1, -0.05) is 18.2 Å². The topological polar surface area (TPSA) is 29.9 Å². The van der Waals surface area contributed by atoms with E-state index in [1.165, 1.54) is 23.7 Å². The molecular weight excluding hydrogens is 186 g/mol. The van der Waals surface area contributed by atoms with E-state index in [1.54, 1.807) is 0 Å². The van der Waals surface area contributed by atoms with E-state index in [0.29, 0.717) is 6.04 Å². The van der Waals surface area contributed by atoms with Crippen LogP contribution in [0.1, 0.15) is 18.9 Å². The van der Waals surface area contributed by atoms with Crippen molar-refractivity contribution < 1.29 is 0 Å². The first-order valence-electron chi connectivity index (χ1n) is 5.58. The molecule has 0 spiro atoms. The molecule has 1 aliphatic rings. The molecule has 2 heterocycles. The number of nitrogens with zero attached hydrogens (tertiary/aromatic N) is 2. The first-order chi connectivity index (χ1) is 7.45. The van der Waals surface area contributed by atoms with Crippen molar-refractivity contribution in [1.82, 2.24) is 15.1 Å². The lowest BCUT2D eigenvalue weighted by molar-refractivity contribution is 0.355. The Morgan fingerprint density at radius 3 is 3.13 bits per heavy atom. The Hall–Kier alpha value is -1.35. The van der Waals surface area contributed by atoms with Gasteiger partial charge in [0.05, 0.1) is 17.8 Å². The van der Waals surface area contributed by atoms with Crippen LogP contribution in [0, 0.1) is 0 Å². The Balaban J connectivity index is 2.02. The predicted octanol–water partition coefficient (Wildman–Crippen LogP) is 1.96. The van der Waals surface area contributed by atoms with Crippen LogP contribution in [0.4, 0.5) is 0 Å². The number of hydrogen-bond acceptors (Lipinski definition) is 2. The molecule has 1 saturated heterocycles. The Morgan fingerprint density at radius 2 is 2.27 bits per heavy atom. The minimum Gasteiger partial charge on any atom is -0.315 e. The average Bonchev–Trinajstić information content (AvgIpc) is 2.74. The molecule has 1 aromatic heterocycles. The number of para-hydroxylation sites is 1. The highest BCUT2D eigenvalue weighted by Crippen LogP contribution is 2.21. The van der Waals surface area contributed by atoms with E-state index in [1.807, 2.05) is 6.20 Å². The van der Waals surface area contributed by atoms with Crippen molar-refractivity contribution in [2.24, 2.45) is 0 Å². The molecule has 15 heavy (non-hydrogen) atoms. The summed E-state index contributed by atoms with van der Waals surface area (Å²) in [6.07, 6.45) is 4.45. The van der Waals surface area contributed by atoms with Crippen molar-refractivity contribution in [3.8, 4) is 0 Å². The monoisotopic (exact) mass is 201 g/mol. The van der Waals surface area contributed by atoms with Gasteiger partial charge < -0.3 is 5.32 Å². The van der Waals surface area contributed by atoms with Gasteiger partial charge >= 0.3 is 0 Å². The normalized spacial score (nSPS) is 22.0. The summed E-state index contributed by atoms with van der Waals surface area (Å²) in [4.78, 5) is 0. The molecule has 0 bridgehead atoms. The molecule has 78 valence electrons. The highest BCUT2D eigenvalue weighted by atomic mass is 15.3. The van der Waals surface area contributed by atoms with Crippen molar-refractivity contribution in [3.63, 3.8) is 0 Å². The summed E-state index contributed by atoms with van der Waals surface area (Å²) in [7, 11) is 0. The van der Waals surface area contributed by atoms with E-state index < -0.39 is 0 Å². The van der Waals surface area contributed by atoms with Crippen LogP contribution in [0.2, 0.25) is 0 Å². The number of piperidine rings is 1. The molecule has 1 atom stereocenters. The molecule has 3 nitrogen and oxygen atoms in total. The number of nitrogens with one attached hydrogen (secondary N) is 1. The molecule has 0 unspecified atom stereocenters. The Kier molecular flexibility index (Phi) is 2.18. The van der Waals surface area contributed by atoms with Crippen LogP contribution < -0.4 is 5.32 Å². The van der Waals surface area contributed by atoms with Crippen molar-refractivity contribution in [2.75, 3.05) is 13.1 Å². The molecule has 0 aliphatic carbocycles. The first kappa shape index (κ1) is 8.92. The lowest BCUT2D eigenvalue weighted by Crippen LogP contribution is -2.32. The Bertz CT molecular complexity index is 455. The maximum absolute atomic E-state index is 4.50. The molecule has 1 N–H and O–H groups in total. The van der Waals surface area contributed by atoms with Gasteiger partial charge in [-0.3, -0.25) is 4.68 Å². The lowest BCUT2D eigenvalue weighted by Gasteiger charge is -2.23. The first-order valence-corrected chi connectivity index (χ1v) is 5.58. The third kappa shape index (κ3) is 1.53. The summed E-state index contributed by atoms with van der Waals surface area (Å²) in [5.41, 5.74) is 1.26. The summed E-state index contributed by atoms with van der Waals surface area (Å²) in [5.74, 6) is 0. The van der Waals surface area contributed by atoms with Gasteiger partial charge in [0.1, 0.15) is 0 Å². The summed E-state index contributed by atoms with van der Waals surface area (Å²) in [6.45, 7) is 2.20. The van der Waals surface area contributed by atoms with Crippen LogP contribution in [-0.2, 0) is 0 Å². The van der Waals surface area contributed by atoms with Gasteiger partial charge in [0.15, 0.2) is 0 Å². The quantitative estimate of drug-likeness (QED) is 0.764. The standard InChI is InChI=1S/C12H15N3/c1-2-6-12-10(4-1)8-14-15(12)11-5-3-7-13-9-11/h1-2,4,6,8,11,13H,3,5,7,9H2/t11-/m1/s1. The van der Waals surface area contributed by atoms with E-state index in [9.17, 15) is 0 Å². The highest BCUT2D eigenvalue weighted by molar-refractivity contribution is 5.78. The second-order valence-corrected chi connectivity index (χ2v) is 4.15. The number of fused-ring (bicyclic) bond motifs is 1. The van der Waals surface area contributed by atoms with E-state index in [0.717, 1.165) is 13.1 Å². The Labute approximate surface area is 89.1 Å². The fourth-order valence-electron chi connectivity index (χ4n) is 2.33. The van der Waals surface area contributed by atoms with Gasteiger partial charge in [-0.2, -0.15) is 5.10 Å². The summed E-state index contributed by atoms with van der Waals surface area (Å²) in [5, 5.41) is 9.16. The average molecular weight is 201 g/mol. The van der Waals surface area contributed by atoms with Crippen molar-refractivity contribution in [1.29, 1.82) is 0 Å². The van der Waals surface area contributed by atoms with Crippen LogP contribution in [0.5, 0.6) is 0 Å². The predicted molar refractivity (Wildman–Crippen MR) is 60.9 cm³/mol. The molecule has 3 heteroatoms. The maximum atomic E-state index is 4.50. The highest BCUT2D eigenvalue weighted by Gasteiger charge is 2.16. The number of aromatic nitrogens is 2. The van der Waals surface area contributed by atoms with Crippen LogP contribution in [0.25, 0.3) is 10.9 Å². The molecule has 0 amide bonds. The van der Waals surface area contributed by atoms with Crippen LogP contribution in [0.3, 0.4) is 0 Å². The summed E-state index contributed by atoms with van der Waals surface area (Å²) in [6, 6.07) is 8.94. The largest absolute Gasteiger partial charge is 0.315 e. The molecule has 2 aromatic rings. The fourth-order valence-corrected chi connectivity index (χ4v) is 2.33. The van der Waals surface area contributed by atoms with Gasteiger partial charge in [0.2, 0.25) is 0 Å². The van der Waals surface area contributed by atoms with Gasteiger partial charge in [0.25, 0.3) is 0 Å². The fraction of sp³-hybridized carbons (Fsp3) is 0.417. The van der Waals surface area contributed by atoms with Crippen LogP contribution in [-0.4, -0.2) is 22.9 Å². The lowest BCUT2D eigenvalue weighted by atomic mass is 10.1. The summed E-state index contributed by atoms with van der Waals surface area (Å²) >= 11 is 0. The molecule has 1 aliphatic heterocycles. The third-order valence-corrected chi connectivity index (χ3v) is 3.12. The molecule has 0 saturated carbocycles. The van der Waals surface area contributed by atoms with Gasteiger partial charge in [0, 0.05) is 11.9 Å². The maximum Gasteiger partial charge on any atom is 0.0686 e. The minimum atomic E-state index is 0.527. The Morgan fingerprint density at radius 1 is 1.33 bits per heavy atom.